The minimum atomic E-state index is -0.736. The molecular weight excluding hydrogens is 182 g/mol. The molecule has 1 saturated heterocycles. The number of carbonyl (C=O) groups excluding carboxylic acids is 1. The fourth-order valence-corrected chi connectivity index (χ4v) is 2.45. The Morgan fingerprint density at radius 2 is 2.00 bits per heavy atom. The summed E-state index contributed by atoms with van der Waals surface area (Å²) in [6, 6.07) is 0. The number of likely N-dealkylation sites (tertiary alicyclic amines) is 1. The first kappa shape index (κ1) is 9.49. The summed E-state index contributed by atoms with van der Waals surface area (Å²) in [6.45, 7) is 2.84. The maximum Gasteiger partial charge on any atom is 0.304 e. The van der Waals surface area contributed by atoms with Crippen molar-refractivity contribution >= 4 is 11.9 Å². The molecule has 0 bridgehead atoms. The molecule has 1 amide bonds. The van der Waals surface area contributed by atoms with Gasteiger partial charge in [-0.1, -0.05) is 0 Å². The third kappa shape index (κ3) is 1.49. The van der Waals surface area contributed by atoms with Gasteiger partial charge in [0.2, 0.25) is 5.91 Å². The summed E-state index contributed by atoms with van der Waals surface area (Å²) in [7, 11) is 0. The Morgan fingerprint density at radius 3 is 2.36 bits per heavy atom. The van der Waals surface area contributed by atoms with Crippen LogP contribution in [-0.2, 0) is 9.59 Å². The van der Waals surface area contributed by atoms with Crippen molar-refractivity contribution in [3.63, 3.8) is 0 Å². The van der Waals surface area contributed by atoms with Gasteiger partial charge in [0.15, 0.2) is 0 Å². The average molecular weight is 197 g/mol. The van der Waals surface area contributed by atoms with Crippen LogP contribution in [0.4, 0.5) is 0 Å². The van der Waals surface area contributed by atoms with E-state index in [9.17, 15) is 9.59 Å². The lowest BCUT2D eigenvalue weighted by atomic mass is 9.72. The second kappa shape index (κ2) is 2.97. The monoisotopic (exact) mass is 197 g/mol. The van der Waals surface area contributed by atoms with Crippen LogP contribution in [0, 0.1) is 11.3 Å². The molecule has 1 N–H and O–H groups in total. The van der Waals surface area contributed by atoms with Gasteiger partial charge < -0.3 is 10.0 Å². The van der Waals surface area contributed by atoms with Crippen LogP contribution >= 0.6 is 0 Å². The molecular formula is C10H15NO3. The van der Waals surface area contributed by atoms with Crippen molar-refractivity contribution < 1.29 is 14.7 Å². The molecule has 4 heteroatoms. The number of carbonyl (C=O) groups is 2. The van der Waals surface area contributed by atoms with Crippen molar-refractivity contribution in [3.8, 4) is 0 Å². The Labute approximate surface area is 82.9 Å². The molecule has 1 aliphatic heterocycles. The van der Waals surface area contributed by atoms with Crippen LogP contribution in [0.3, 0.4) is 0 Å². The Balaban J connectivity index is 1.98. The first-order chi connectivity index (χ1) is 6.53. The maximum absolute atomic E-state index is 11.0. The lowest BCUT2D eigenvalue weighted by molar-refractivity contribution is -0.153. The summed E-state index contributed by atoms with van der Waals surface area (Å²) in [5, 5.41) is 8.81. The van der Waals surface area contributed by atoms with E-state index in [-0.39, 0.29) is 17.7 Å². The van der Waals surface area contributed by atoms with Gasteiger partial charge in [-0.15, -0.1) is 0 Å². The first-order valence-electron chi connectivity index (χ1n) is 5.01. The zero-order valence-electron chi connectivity index (χ0n) is 8.32. The van der Waals surface area contributed by atoms with Crippen molar-refractivity contribution in [2.45, 2.75) is 26.2 Å². The summed E-state index contributed by atoms with van der Waals surface area (Å²) in [4.78, 5) is 23.5. The van der Waals surface area contributed by atoms with Crippen LogP contribution in [0.2, 0.25) is 0 Å². The summed E-state index contributed by atoms with van der Waals surface area (Å²) >= 11 is 0. The van der Waals surface area contributed by atoms with Gasteiger partial charge in [0.05, 0.1) is 6.42 Å². The van der Waals surface area contributed by atoms with E-state index in [0.717, 1.165) is 12.8 Å². The van der Waals surface area contributed by atoms with Gasteiger partial charge >= 0.3 is 5.97 Å². The molecule has 0 radical (unpaired) electrons. The quantitative estimate of drug-likeness (QED) is 0.725. The molecule has 1 aliphatic carbocycles. The molecule has 2 aliphatic rings. The highest BCUT2D eigenvalue weighted by molar-refractivity contribution is 5.75. The number of hydrogen-bond donors (Lipinski definition) is 1. The largest absolute Gasteiger partial charge is 0.481 e. The smallest absolute Gasteiger partial charge is 0.304 e. The van der Waals surface area contributed by atoms with E-state index in [1.165, 1.54) is 6.92 Å². The molecule has 0 atom stereocenters. The summed E-state index contributed by atoms with van der Waals surface area (Å²) in [6.07, 6.45) is 2.50. The molecule has 2 rings (SSSR count). The molecule has 1 saturated carbocycles. The Bertz CT molecular complexity index is 277. The van der Waals surface area contributed by atoms with E-state index in [2.05, 4.69) is 0 Å². The van der Waals surface area contributed by atoms with Crippen molar-refractivity contribution in [1.29, 1.82) is 0 Å². The topological polar surface area (TPSA) is 57.6 Å². The lowest BCUT2D eigenvalue weighted by Crippen LogP contribution is -2.59. The Kier molecular flexibility index (Phi) is 2.01. The van der Waals surface area contributed by atoms with Gasteiger partial charge in [0.1, 0.15) is 0 Å². The van der Waals surface area contributed by atoms with Gasteiger partial charge in [-0.05, 0) is 18.8 Å². The summed E-state index contributed by atoms with van der Waals surface area (Å²) in [5.41, 5.74) is -0.0858. The Hall–Kier alpha value is -1.06. The second-order valence-corrected chi connectivity index (χ2v) is 4.58. The molecule has 78 valence electrons. The normalized spacial score (nSPS) is 24.2. The molecule has 4 nitrogen and oxygen atoms in total. The molecule has 2 fully saturated rings. The van der Waals surface area contributed by atoms with Crippen LogP contribution in [0.5, 0.6) is 0 Å². The minimum Gasteiger partial charge on any atom is -0.481 e. The molecule has 0 aromatic heterocycles. The molecule has 1 heterocycles. The van der Waals surface area contributed by atoms with Crippen LogP contribution in [-0.4, -0.2) is 35.0 Å². The number of aliphatic carboxylic acids is 1. The second-order valence-electron chi connectivity index (χ2n) is 4.58. The van der Waals surface area contributed by atoms with Gasteiger partial charge in [-0.3, -0.25) is 9.59 Å². The zero-order chi connectivity index (χ0) is 10.3. The summed E-state index contributed by atoms with van der Waals surface area (Å²) in [5.74, 6) is -0.124. The molecule has 0 aromatic rings. The standard InChI is InChI=1S/C10H15NO3/c1-7(12)11-5-10(6-11,4-9(13)14)8-2-3-8/h8H,2-6H2,1H3,(H,13,14). The van der Waals surface area contributed by atoms with Gasteiger partial charge in [-0.2, -0.15) is 0 Å². The predicted octanol–water partition coefficient (Wildman–Crippen LogP) is 0.720. The highest BCUT2D eigenvalue weighted by Gasteiger charge is 2.54. The van der Waals surface area contributed by atoms with E-state index >= 15 is 0 Å². The maximum atomic E-state index is 11.0. The minimum absolute atomic E-state index is 0.0617. The highest BCUT2D eigenvalue weighted by atomic mass is 16.4. The zero-order valence-corrected chi connectivity index (χ0v) is 8.32. The van der Waals surface area contributed by atoms with Crippen LogP contribution in [0.15, 0.2) is 0 Å². The van der Waals surface area contributed by atoms with Crippen molar-refractivity contribution in [1.82, 2.24) is 4.90 Å². The van der Waals surface area contributed by atoms with E-state index in [4.69, 9.17) is 5.11 Å². The summed E-state index contributed by atoms with van der Waals surface area (Å²) < 4.78 is 0. The van der Waals surface area contributed by atoms with E-state index in [0.29, 0.717) is 19.0 Å². The van der Waals surface area contributed by atoms with E-state index in [1.54, 1.807) is 4.90 Å². The third-order valence-corrected chi connectivity index (χ3v) is 3.40. The number of nitrogens with zero attached hydrogens (tertiary/aromatic N) is 1. The first-order valence-corrected chi connectivity index (χ1v) is 5.01. The van der Waals surface area contributed by atoms with E-state index in [1.807, 2.05) is 0 Å². The van der Waals surface area contributed by atoms with Gasteiger partial charge in [0, 0.05) is 25.4 Å². The molecule has 0 aromatic carbocycles. The Morgan fingerprint density at radius 1 is 1.43 bits per heavy atom. The van der Waals surface area contributed by atoms with Crippen molar-refractivity contribution in [2.75, 3.05) is 13.1 Å². The van der Waals surface area contributed by atoms with Crippen molar-refractivity contribution in [3.05, 3.63) is 0 Å². The number of amides is 1. The van der Waals surface area contributed by atoms with Crippen LogP contribution < -0.4 is 0 Å². The molecule has 14 heavy (non-hydrogen) atoms. The highest BCUT2D eigenvalue weighted by Crippen LogP contribution is 2.52. The van der Waals surface area contributed by atoms with Gasteiger partial charge in [-0.25, -0.2) is 0 Å². The van der Waals surface area contributed by atoms with Crippen LogP contribution in [0.1, 0.15) is 26.2 Å². The average Bonchev–Trinajstić information content (AvgIpc) is 2.76. The number of carboxylic acid groups (broad SMARTS) is 1. The van der Waals surface area contributed by atoms with Crippen molar-refractivity contribution in [2.24, 2.45) is 11.3 Å². The van der Waals surface area contributed by atoms with Crippen LogP contribution in [0.25, 0.3) is 0 Å². The predicted molar refractivity (Wildman–Crippen MR) is 49.7 cm³/mol. The SMILES string of the molecule is CC(=O)N1CC(CC(=O)O)(C2CC2)C1. The number of rotatable bonds is 3. The number of carboxylic acids is 1. The lowest BCUT2D eigenvalue weighted by Gasteiger charge is -2.49. The fraction of sp³-hybridized carbons (Fsp3) is 0.800. The molecule has 0 spiro atoms. The third-order valence-electron chi connectivity index (χ3n) is 3.40. The fourth-order valence-electron chi connectivity index (χ4n) is 2.45. The van der Waals surface area contributed by atoms with E-state index < -0.39 is 5.97 Å². The molecule has 0 unspecified atom stereocenters. The van der Waals surface area contributed by atoms with Gasteiger partial charge in [0.25, 0.3) is 0 Å². The number of hydrogen-bond acceptors (Lipinski definition) is 2.